The molecule has 0 amide bonds. The first-order valence-electron chi connectivity index (χ1n) is 15.7. The third-order valence-electron chi connectivity index (χ3n) is 10.2. The Kier molecular flexibility index (Phi) is 8.56. The second-order valence-corrected chi connectivity index (χ2v) is 16.0. The molecule has 3 aromatic rings. The van der Waals surface area contributed by atoms with Gasteiger partial charge in [0.05, 0.1) is 16.1 Å². The summed E-state index contributed by atoms with van der Waals surface area (Å²) in [6.07, 6.45) is 0.588. The molecular formula is C33H41F4N3O2S2. The molecule has 1 saturated heterocycles. The summed E-state index contributed by atoms with van der Waals surface area (Å²) in [6.45, 7) is 9.64. The highest BCUT2D eigenvalue weighted by Gasteiger charge is 2.58. The van der Waals surface area contributed by atoms with Gasteiger partial charge in [-0.25, -0.2) is 17.5 Å². The number of thiophene rings is 1. The van der Waals surface area contributed by atoms with Crippen molar-refractivity contribution in [2.45, 2.75) is 75.5 Å². The van der Waals surface area contributed by atoms with Gasteiger partial charge in [0.25, 0.3) is 0 Å². The Bertz CT molecular complexity index is 1580. The normalized spacial score (nSPS) is 26.4. The van der Waals surface area contributed by atoms with Crippen molar-refractivity contribution in [3.8, 4) is 0 Å². The molecule has 4 unspecified atom stereocenters. The predicted octanol–water partition coefficient (Wildman–Crippen LogP) is 7.77. The van der Waals surface area contributed by atoms with Crippen LogP contribution in [0.25, 0.3) is 10.1 Å². The summed E-state index contributed by atoms with van der Waals surface area (Å²) < 4.78 is 85.0. The van der Waals surface area contributed by atoms with Crippen molar-refractivity contribution in [3.05, 3.63) is 59.2 Å². The topological polar surface area (TPSA) is 52.7 Å². The number of nitrogens with zero attached hydrogens (tertiary/aromatic N) is 2. The number of anilines is 1. The van der Waals surface area contributed by atoms with Crippen molar-refractivity contribution in [1.29, 1.82) is 0 Å². The number of hydrogen-bond donors (Lipinski definition) is 1. The summed E-state index contributed by atoms with van der Waals surface area (Å²) in [7, 11) is -3.89. The van der Waals surface area contributed by atoms with E-state index in [1.807, 2.05) is 5.38 Å². The van der Waals surface area contributed by atoms with Crippen LogP contribution < -0.4 is 9.62 Å². The van der Waals surface area contributed by atoms with Crippen LogP contribution in [0.5, 0.6) is 0 Å². The van der Waals surface area contributed by atoms with Crippen molar-refractivity contribution in [2.24, 2.45) is 23.7 Å². The van der Waals surface area contributed by atoms with Crippen molar-refractivity contribution in [2.75, 3.05) is 31.1 Å². The quantitative estimate of drug-likeness (QED) is 0.253. The number of benzene rings is 2. The van der Waals surface area contributed by atoms with E-state index in [0.717, 1.165) is 62.3 Å². The summed E-state index contributed by atoms with van der Waals surface area (Å²) in [6, 6.07) is 8.75. The Balaban J connectivity index is 1.32. The van der Waals surface area contributed by atoms with E-state index in [0.29, 0.717) is 29.6 Å². The first-order chi connectivity index (χ1) is 20.8. The monoisotopic (exact) mass is 651 g/mol. The fourth-order valence-corrected chi connectivity index (χ4v) is 10.4. The van der Waals surface area contributed by atoms with E-state index in [9.17, 15) is 26.0 Å². The molecule has 5 nitrogen and oxygen atoms in total. The van der Waals surface area contributed by atoms with E-state index in [2.05, 4.69) is 35.3 Å². The molecule has 2 aliphatic carbocycles. The minimum atomic E-state index is -4.38. The fraction of sp³-hybridized carbons (Fsp3) is 0.576. The van der Waals surface area contributed by atoms with E-state index >= 15 is 0 Å². The SMILES string of the molecule is CC1CCC(C(C)C)C(C(NS(=O)(=O)c2ccc(F)cc2)C2CC2)(N2CCN(c3csc4cc(C(F)(F)F)ccc34)CC2)C1. The standard InChI is InChI=1S/C33H41F4N3O2S2/c1-21(2)28-13-4-22(3)19-32(28,31(23-5-6-23)38-44(41,42)26-10-8-25(34)9-11-26)40-16-14-39(15-17-40)29-20-43-30-18-24(33(35,36)37)7-12-27(29)30/h7-12,18,20-23,28,31,38H,4-6,13-17,19H2,1-3H3. The van der Waals surface area contributed by atoms with Gasteiger partial charge in [-0.2, -0.15) is 13.2 Å². The van der Waals surface area contributed by atoms with Gasteiger partial charge < -0.3 is 4.90 Å². The van der Waals surface area contributed by atoms with E-state index < -0.39 is 27.6 Å². The number of sulfonamides is 1. The Morgan fingerprint density at radius 2 is 1.66 bits per heavy atom. The van der Waals surface area contributed by atoms with Gasteiger partial charge in [0.1, 0.15) is 5.82 Å². The van der Waals surface area contributed by atoms with Gasteiger partial charge in [-0.3, -0.25) is 4.90 Å². The predicted molar refractivity (Wildman–Crippen MR) is 168 cm³/mol. The second-order valence-electron chi connectivity index (χ2n) is 13.4. The Hall–Kier alpha value is -2.21. The maximum Gasteiger partial charge on any atom is 0.416 e. The molecular weight excluding hydrogens is 611 g/mol. The second kappa shape index (κ2) is 11.9. The number of alkyl halides is 3. The van der Waals surface area contributed by atoms with Crippen molar-refractivity contribution < 1.29 is 26.0 Å². The summed E-state index contributed by atoms with van der Waals surface area (Å²) in [5.41, 5.74) is -0.0593. The van der Waals surface area contributed by atoms with Crippen molar-refractivity contribution in [3.63, 3.8) is 0 Å². The minimum absolute atomic E-state index is 0.0764. The van der Waals surface area contributed by atoms with Gasteiger partial charge in [-0.1, -0.05) is 33.3 Å². The first-order valence-corrected chi connectivity index (χ1v) is 18.0. The Labute approximate surface area is 261 Å². The van der Waals surface area contributed by atoms with Gasteiger partial charge in [0.2, 0.25) is 10.0 Å². The average molecular weight is 652 g/mol. The number of halogens is 4. The van der Waals surface area contributed by atoms with Crippen LogP contribution in [-0.2, 0) is 16.2 Å². The lowest BCUT2D eigenvalue weighted by Crippen LogP contribution is -2.71. The van der Waals surface area contributed by atoms with E-state index in [1.165, 1.54) is 41.7 Å². The zero-order chi connectivity index (χ0) is 31.4. The lowest BCUT2D eigenvalue weighted by molar-refractivity contribution is -0.137. The van der Waals surface area contributed by atoms with Crippen LogP contribution in [0.1, 0.15) is 58.4 Å². The number of fused-ring (bicyclic) bond motifs is 1. The molecule has 3 fully saturated rings. The number of piperazine rings is 1. The van der Waals surface area contributed by atoms with Crippen molar-refractivity contribution >= 4 is 37.1 Å². The van der Waals surface area contributed by atoms with Gasteiger partial charge in [-0.15, -0.1) is 11.3 Å². The number of rotatable bonds is 8. The summed E-state index contributed by atoms with van der Waals surface area (Å²) in [5.74, 6) is 0.828. The van der Waals surface area contributed by atoms with Gasteiger partial charge in [0, 0.05) is 53.2 Å². The molecule has 0 spiro atoms. The molecule has 0 radical (unpaired) electrons. The summed E-state index contributed by atoms with van der Waals surface area (Å²) >= 11 is 1.34. The molecule has 2 aromatic carbocycles. The highest BCUT2D eigenvalue weighted by molar-refractivity contribution is 7.89. The zero-order valence-corrected chi connectivity index (χ0v) is 27.0. The third kappa shape index (κ3) is 6.01. The molecule has 2 heterocycles. The molecule has 1 aliphatic heterocycles. The molecule has 1 aromatic heterocycles. The molecule has 0 bridgehead atoms. The number of hydrogen-bond acceptors (Lipinski definition) is 5. The van der Waals surface area contributed by atoms with E-state index in [1.54, 1.807) is 6.07 Å². The largest absolute Gasteiger partial charge is 0.416 e. The fourth-order valence-electron chi connectivity index (χ4n) is 8.04. The highest BCUT2D eigenvalue weighted by Crippen LogP contribution is 2.53. The van der Waals surface area contributed by atoms with Crippen molar-refractivity contribution in [1.82, 2.24) is 9.62 Å². The molecule has 2 saturated carbocycles. The number of nitrogens with one attached hydrogen (secondary N) is 1. The van der Waals surface area contributed by atoms with Gasteiger partial charge in [-0.05, 0) is 85.8 Å². The lowest BCUT2D eigenvalue weighted by atomic mass is 9.60. The lowest BCUT2D eigenvalue weighted by Gasteiger charge is -2.60. The molecule has 4 atom stereocenters. The van der Waals surface area contributed by atoms with Crippen LogP contribution >= 0.6 is 11.3 Å². The Morgan fingerprint density at radius 3 is 2.27 bits per heavy atom. The van der Waals surface area contributed by atoms with Crippen LogP contribution in [0.4, 0.5) is 23.2 Å². The van der Waals surface area contributed by atoms with E-state index in [-0.39, 0.29) is 28.3 Å². The van der Waals surface area contributed by atoms with Crippen LogP contribution in [0.15, 0.2) is 52.7 Å². The van der Waals surface area contributed by atoms with Gasteiger partial charge in [0.15, 0.2) is 0 Å². The van der Waals surface area contributed by atoms with Crippen LogP contribution in [0.2, 0.25) is 0 Å². The molecule has 1 N–H and O–H groups in total. The highest BCUT2D eigenvalue weighted by atomic mass is 32.2. The van der Waals surface area contributed by atoms with Gasteiger partial charge >= 0.3 is 6.18 Å². The summed E-state index contributed by atoms with van der Waals surface area (Å²) in [4.78, 5) is 4.89. The maximum atomic E-state index is 13.8. The summed E-state index contributed by atoms with van der Waals surface area (Å²) in [5, 5.41) is 2.79. The Morgan fingerprint density at radius 1 is 0.977 bits per heavy atom. The van der Waals surface area contributed by atoms with Crippen LogP contribution in [0.3, 0.4) is 0 Å². The molecule has 3 aliphatic rings. The van der Waals surface area contributed by atoms with Crippen LogP contribution in [-0.4, -0.2) is 51.1 Å². The molecule has 11 heteroatoms. The van der Waals surface area contributed by atoms with Crippen LogP contribution in [0, 0.1) is 29.5 Å². The first kappa shape index (κ1) is 31.8. The average Bonchev–Trinajstić information content (AvgIpc) is 3.73. The molecule has 240 valence electrons. The maximum absolute atomic E-state index is 13.8. The third-order valence-corrected chi connectivity index (χ3v) is 12.6. The smallest absolute Gasteiger partial charge is 0.368 e. The molecule has 6 rings (SSSR count). The zero-order valence-electron chi connectivity index (χ0n) is 25.4. The molecule has 44 heavy (non-hydrogen) atoms. The van der Waals surface area contributed by atoms with E-state index in [4.69, 9.17) is 0 Å². The minimum Gasteiger partial charge on any atom is -0.368 e.